The molecule has 0 spiro atoms. The molecule has 2 aromatic carbocycles. The first-order chi connectivity index (χ1) is 16.8. The number of carboxylic acid groups (broad SMARTS) is 1. The summed E-state index contributed by atoms with van der Waals surface area (Å²) in [5.74, 6) is -2.03. The zero-order chi connectivity index (χ0) is 24.9. The van der Waals surface area contributed by atoms with Crippen molar-refractivity contribution in [2.75, 3.05) is 0 Å². The summed E-state index contributed by atoms with van der Waals surface area (Å²) in [6.45, 7) is 1.43. The van der Waals surface area contributed by atoms with Gasteiger partial charge in [-0.15, -0.1) is 0 Å². The average molecular weight is 480 g/mol. The van der Waals surface area contributed by atoms with E-state index in [9.17, 15) is 24.3 Å². The summed E-state index contributed by atoms with van der Waals surface area (Å²) in [6, 6.07) is 17.4. The molecule has 182 valence electrons. The molecule has 1 saturated heterocycles. The molecule has 1 aliphatic rings. The van der Waals surface area contributed by atoms with Crippen LogP contribution in [-0.2, 0) is 32.3 Å². The van der Waals surface area contributed by atoms with Gasteiger partial charge in [-0.25, -0.2) is 19.0 Å². The molecule has 1 aromatic heterocycles. The van der Waals surface area contributed by atoms with Crippen molar-refractivity contribution >= 4 is 11.9 Å². The van der Waals surface area contributed by atoms with Crippen LogP contribution < -0.4 is 11.2 Å². The lowest BCUT2D eigenvalue weighted by Crippen LogP contribution is -2.42. The SMILES string of the molecule is Cc1cn([C@H]2C[C@H](OC(=O)c3ccccc3)[C@@H](C(=O)O)O2)c(=O)n(COCc2ccccc2)c1=O. The quantitative estimate of drug-likeness (QED) is 0.486. The van der Waals surface area contributed by atoms with Gasteiger partial charge in [-0.2, -0.15) is 0 Å². The highest BCUT2D eigenvalue weighted by molar-refractivity contribution is 5.89. The third-order valence-electron chi connectivity index (χ3n) is 5.60. The first-order valence-electron chi connectivity index (χ1n) is 10.9. The van der Waals surface area contributed by atoms with Gasteiger partial charge in [0.15, 0.2) is 6.10 Å². The molecule has 0 aliphatic carbocycles. The Kier molecular flexibility index (Phi) is 7.23. The molecule has 1 fully saturated rings. The zero-order valence-corrected chi connectivity index (χ0v) is 18.9. The van der Waals surface area contributed by atoms with Crippen molar-refractivity contribution in [3.05, 3.63) is 104 Å². The number of aromatic nitrogens is 2. The van der Waals surface area contributed by atoms with E-state index in [0.717, 1.165) is 14.7 Å². The van der Waals surface area contributed by atoms with E-state index in [2.05, 4.69) is 0 Å². The fourth-order valence-electron chi connectivity index (χ4n) is 3.83. The summed E-state index contributed by atoms with van der Waals surface area (Å²) in [5.41, 5.74) is 0.127. The Bertz CT molecular complexity index is 1320. The van der Waals surface area contributed by atoms with Crippen LogP contribution in [0.5, 0.6) is 0 Å². The Morgan fingerprint density at radius 2 is 1.71 bits per heavy atom. The van der Waals surface area contributed by atoms with E-state index in [1.165, 1.54) is 13.1 Å². The Balaban J connectivity index is 1.54. The maximum absolute atomic E-state index is 13.1. The summed E-state index contributed by atoms with van der Waals surface area (Å²) >= 11 is 0. The van der Waals surface area contributed by atoms with Gasteiger partial charge < -0.3 is 19.3 Å². The molecular weight excluding hydrogens is 456 g/mol. The molecule has 0 radical (unpaired) electrons. The van der Waals surface area contributed by atoms with E-state index >= 15 is 0 Å². The van der Waals surface area contributed by atoms with Gasteiger partial charge in [0.2, 0.25) is 0 Å². The number of carbonyl (C=O) groups excluding carboxylic acids is 1. The number of carboxylic acids is 1. The molecule has 3 atom stereocenters. The van der Waals surface area contributed by atoms with Crippen LogP contribution in [0.3, 0.4) is 0 Å². The summed E-state index contributed by atoms with van der Waals surface area (Å²) in [7, 11) is 0. The second-order valence-electron chi connectivity index (χ2n) is 8.09. The monoisotopic (exact) mass is 480 g/mol. The van der Waals surface area contributed by atoms with Gasteiger partial charge in [0.1, 0.15) is 19.1 Å². The second kappa shape index (κ2) is 10.5. The molecule has 2 heterocycles. The van der Waals surface area contributed by atoms with Gasteiger partial charge in [0.25, 0.3) is 5.56 Å². The number of hydrogen-bond donors (Lipinski definition) is 1. The average Bonchev–Trinajstić information content (AvgIpc) is 3.28. The molecule has 3 aromatic rings. The Morgan fingerprint density at radius 3 is 2.37 bits per heavy atom. The number of hydrogen-bond acceptors (Lipinski definition) is 7. The lowest BCUT2D eigenvalue weighted by molar-refractivity contribution is -0.155. The van der Waals surface area contributed by atoms with Crippen molar-refractivity contribution < 1.29 is 28.9 Å². The normalized spacial score (nSPS) is 19.4. The lowest BCUT2D eigenvalue weighted by Gasteiger charge is -2.17. The van der Waals surface area contributed by atoms with E-state index in [1.54, 1.807) is 30.3 Å². The maximum Gasteiger partial charge on any atom is 0.338 e. The maximum atomic E-state index is 13.1. The predicted octanol–water partition coefficient (Wildman–Crippen LogP) is 2.09. The van der Waals surface area contributed by atoms with Crippen LogP contribution in [0.2, 0.25) is 0 Å². The van der Waals surface area contributed by atoms with Crippen LogP contribution in [0.4, 0.5) is 0 Å². The van der Waals surface area contributed by atoms with Crippen LogP contribution in [0.25, 0.3) is 0 Å². The molecule has 0 unspecified atom stereocenters. The minimum Gasteiger partial charge on any atom is -0.479 e. The molecule has 4 rings (SSSR count). The molecule has 0 bridgehead atoms. The van der Waals surface area contributed by atoms with Gasteiger partial charge in [0.05, 0.1) is 12.2 Å². The van der Waals surface area contributed by atoms with Crippen molar-refractivity contribution in [1.82, 2.24) is 9.13 Å². The predicted molar refractivity (Wildman–Crippen MR) is 123 cm³/mol. The van der Waals surface area contributed by atoms with Crippen molar-refractivity contribution in [3.63, 3.8) is 0 Å². The molecular formula is C25H24N2O8. The fraction of sp³-hybridized carbons (Fsp3) is 0.280. The Morgan fingerprint density at radius 1 is 1.06 bits per heavy atom. The molecule has 0 amide bonds. The van der Waals surface area contributed by atoms with Crippen LogP contribution in [0.1, 0.15) is 34.1 Å². The second-order valence-corrected chi connectivity index (χ2v) is 8.09. The molecule has 10 nitrogen and oxygen atoms in total. The zero-order valence-electron chi connectivity index (χ0n) is 18.9. The number of benzene rings is 2. The van der Waals surface area contributed by atoms with E-state index in [4.69, 9.17) is 14.2 Å². The number of ether oxygens (including phenoxy) is 3. The first-order valence-corrected chi connectivity index (χ1v) is 10.9. The number of carbonyl (C=O) groups is 2. The molecule has 10 heteroatoms. The van der Waals surface area contributed by atoms with Gasteiger partial charge in [0, 0.05) is 18.2 Å². The smallest absolute Gasteiger partial charge is 0.338 e. The van der Waals surface area contributed by atoms with Gasteiger partial charge in [-0.3, -0.25) is 9.36 Å². The van der Waals surface area contributed by atoms with Crippen molar-refractivity contribution in [2.24, 2.45) is 0 Å². The van der Waals surface area contributed by atoms with E-state index < -0.39 is 41.6 Å². The van der Waals surface area contributed by atoms with E-state index in [-0.39, 0.29) is 30.9 Å². The standard InChI is InChI=1S/C25H24N2O8/c1-16-13-26(25(32)27(22(16)28)15-33-14-17-8-4-2-5-9-17)20-12-19(21(35-20)23(29)30)34-24(31)18-10-6-3-7-11-18/h2-11,13,19-21H,12,14-15H2,1H3,(H,29,30)/t19-,20+,21-/m0/s1. The van der Waals surface area contributed by atoms with Crippen LogP contribution in [0.15, 0.2) is 76.4 Å². The van der Waals surface area contributed by atoms with E-state index in [0.29, 0.717) is 0 Å². The number of aliphatic carboxylic acids is 1. The summed E-state index contributed by atoms with van der Waals surface area (Å²) in [5, 5.41) is 9.60. The molecule has 1 N–H and O–H groups in total. The molecule has 0 saturated carbocycles. The van der Waals surface area contributed by atoms with Crippen LogP contribution in [-0.4, -0.2) is 38.4 Å². The van der Waals surface area contributed by atoms with Crippen molar-refractivity contribution in [2.45, 2.75) is 45.1 Å². The van der Waals surface area contributed by atoms with Gasteiger partial charge in [-0.05, 0) is 24.6 Å². The summed E-state index contributed by atoms with van der Waals surface area (Å²) in [4.78, 5) is 50.0. The minimum absolute atomic E-state index is 0.0854. The number of aryl methyl sites for hydroxylation is 1. The number of nitrogens with zero attached hydrogens (tertiary/aromatic N) is 2. The van der Waals surface area contributed by atoms with Crippen molar-refractivity contribution in [1.29, 1.82) is 0 Å². The largest absolute Gasteiger partial charge is 0.479 e. The molecule has 1 aliphatic heterocycles. The molecule has 35 heavy (non-hydrogen) atoms. The van der Waals surface area contributed by atoms with Crippen LogP contribution in [0, 0.1) is 6.92 Å². The highest BCUT2D eigenvalue weighted by Crippen LogP contribution is 2.30. The highest BCUT2D eigenvalue weighted by atomic mass is 16.6. The minimum atomic E-state index is -1.48. The van der Waals surface area contributed by atoms with Gasteiger partial charge >= 0.3 is 17.6 Å². The first kappa shape index (κ1) is 24.1. The Hall–Kier alpha value is -4.02. The van der Waals surface area contributed by atoms with Crippen LogP contribution >= 0.6 is 0 Å². The summed E-state index contributed by atoms with van der Waals surface area (Å²) < 4.78 is 18.6. The fourth-order valence-corrected chi connectivity index (χ4v) is 3.83. The third kappa shape index (κ3) is 5.39. The lowest BCUT2D eigenvalue weighted by atomic mass is 10.1. The van der Waals surface area contributed by atoms with E-state index in [1.807, 2.05) is 30.3 Å². The third-order valence-corrected chi connectivity index (χ3v) is 5.60. The Labute approximate surface area is 199 Å². The number of esters is 1. The topological polar surface area (TPSA) is 126 Å². The number of rotatable bonds is 8. The summed E-state index contributed by atoms with van der Waals surface area (Å²) in [6.07, 6.45) is -2.44. The highest BCUT2D eigenvalue weighted by Gasteiger charge is 2.44. The van der Waals surface area contributed by atoms with Crippen molar-refractivity contribution in [3.8, 4) is 0 Å². The van der Waals surface area contributed by atoms with Gasteiger partial charge in [-0.1, -0.05) is 48.5 Å².